The van der Waals surface area contributed by atoms with Crippen LogP contribution in [-0.4, -0.2) is 89.5 Å². The van der Waals surface area contributed by atoms with E-state index in [2.05, 4.69) is 36.6 Å². The van der Waals surface area contributed by atoms with Crippen LogP contribution in [0.4, 0.5) is 11.6 Å². The van der Waals surface area contributed by atoms with Crippen LogP contribution in [0.15, 0.2) is 43.0 Å². The fourth-order valence-corrected chi connectivity index (χ4v) is 6.28. The molecule has 4 aliphatic rings. The van der Waals surface area contributed by atoms with E-state index in [0.29, 0.717) is 30.4 Å². The number of nitrogens with two attached hydrogens (primary N) is 1. The van der Waals surface area contributed by atoms with Crippen molar-refractivity contribution >= 4 is 17.2 Å². The number of nitrogens with one attached hydrogen (secondary N) is 3. The van der Waals surface area contributed by atoms with Crippen LogP contribution in [0.5, 0.6) is 11.6 Å². The summed E-state index contributed by atoms with van der Waals surface area (Å²) in [6.07, 6.45) is 8.83. The van der Waals surface area contributed by atoms with E-state index < -0.39 is 0 Å². The van der Waals surface area contributed by atoms with Gasteiger partial charge in [-0.05, 0) is 18.9 Å². The van der Waals surface area contributed by atoms with Crippen molar-refractivity contribution in [1.29, 1.82) is 0 Å². The molecule has 4 aromatic heterocycles. The van der Waals surface area contributed by atoms with Crippen LogP contribution in [0.3, 0.4) is 0 Å². The SMILES string of the molecule is COc1ccc(CN2C3CC2CN(c2cnc(-c4cc(OCC5CNCCN5)c[n+]5[nH]c(N)c(C)c45)cn2)C3)cn1. The lowest BCUT2D eigenvalue weighted by Crippen LogP contribution is -2.68. The molecule has 0 aliphatic carbocycles. The smallest absolute Gasteiger partial charge is 0.252 e. The molecule has 2 bridgehead atoms. The molecule has 214 valence electrons. The molecule has 0 amide bonds. The van der Waals surface area contributed by atoms with Crippen molar-refractivity contribution < 1.29 is 14.0 Å². The number of nitrogens with zero attached hydrogens (tertiary/aromatic N) is 6. The Labute approximate surface area is 238 Å². The Balaban J connectivity index is 1.07. The molecule has 0 saturated carbocycles. The van der Waals surface area contributed by atoms with Gasteiger partial charge in [0, 0.05) is 69.7 Å². The number of H-pyrrole nitrogens is 1. The van der Waals surface area contributed by atoms with Crippen LogP contribution in [0.1, 0.15) is 17.5 Å². The summed E-state index contributed by atoms with van der Waals surface area (Å²) in [7, 11) is 1.64. The van der Waals surface area contributed by atoms with Crippen molar-refractivity contribution in [3.8, 4) is 22.9 Å². The van der Waals surface area contributed by atoms with Crippen molar-refractivity contribution in [3.63, 3.8) is 0 Å². The Kier molecular flexibility index (Phi) is 6.81. The molecule has 5 N–H and O–H groups in total. The molecule has 0 radical (unpaired) electrons. The summed E-state index contributed by atoms with van der Waals surface area (Å²) in [5, 5.41) is 10.1. The number of rotatable bonds is 8. The number of piperidine rings is 1. The highest BCUT2D eigenvalue weighted by atomic mass is 16.5. The average molecular weight is 558 g/mol. The molecule has 8 heterocycles. The van der Waals surface area contributed by atoms with Gasteiger partial charge in [0.1, 0.15) is 12.4 Å². The molecule has 8 rings (SSSR count). The highest BCUT2D eigenvalue weighted by Crippen LogP contribution is 2.36. The van der Waals surface area contributed by atoms with Gasteiger partial charge in [-0.25, -0.2) is 9.97 Å². The third-order valence-electron chi connectivity index (χ3n) is 8.57. The van der Waals surface area contributed by atoms with E-state index >= 15 is 0 Å². The van der Waals surface area contributed by atoms with Gasteiger partial charge in [-0.1, -0.05) is 10.6 Å². The number of ether oxygens (including phenoxy) is 2. The number of piperazine rings is 2. The molecule has 12 nitrogen and oxygen atoms in total. The maximum atomic E-state index is 6.26. The van der Waals surface area contributed by atoms with E-state index in [1.54, 1.807) is 7.11 Å². The number of anilines is 2. The second-order valence-electron chi connectivity index (χ2n) is 11.2. The molecule has 0 aromatic carbocycles. The maximum Gasteiger partial charge on any atom is 0.252 e. The van der Waals surface area contributed by atoms with Gasteiger partial charge < -0.3 is 30.7 Å². The molecule has 4 fully saturated rings. The van der Waals surface area contributed by atoms with E-state index in [4.69, 9.17) is 25.2 Å². The van der Waals surface area contributed by atoms with Crippen molar-refractivity contribution in [2.45, 2.75) is 38.0 Å². The topological polar surface area (TPSA) is 134 Å². The van der Waals surface area contributed by atoms with Gasteiger partial charge in [0.25, 0.3) is 5.52 Å². The summed E-state index contributed by atoms with van der Waals surface area (Å²) in [5.74, 6) is 2.93. The number of hydrogen-bond acceptors (Lipinski definition) is 10. The normalized spacial score (nSPS) is 22.5. The molecule has 3 unspecified atom stereocenters. The number of aromatic nitrogens is 5. The van der Waals surface area contributed by atoms with Gasteiger partial charge in [-0.2, -0.15) is 0 Å². The van der Waals surface area contributed by atoms with Crippen molar-refractivity contribution in [3.05, 3.63) is 54.1 Å². The zero-order valence-electron chi connectivity index (χ0n) is 23.5. The van der Waals surface area contributed by atoms with E-state index in [0.717, 1.165) is 73.2 Å². The largest absolute Gasteiger partial charge is 0.486 e. The zero-order valence-corrected chi connectivity index (χ0v) is 23.5. The van der Waals surface area contributed by atoms with Gasteiger partial charge >= 0.3 is 0 Å². The quantitative estimate of drug-likeness (QED) is 0.232. The number of pyridine rings is 2. The van der Waals surface area contributed by atoms with Crippen LogP contribution in [0, 0.1) is 6.92 Å². The summed E-state index contributed by atoms with van der Waals surface area (Å²) in [6, 6.07) is 7.33. The monoisotopic (exact) mass is 557 g/mol. The van der Waals surface area contributed by atoms with E-state index in [1.165, 1.54) is 12.0 Å². The third-order valence-corrected chi connectivity index (χ3v) is 8.57. The predicted molar refractivity (Wildman–Crippen MR) is 155 cm³/mol. The minimum atomic E-state index is 0.266. The maximum absolute atomic E-state index is 6.26. The fourth-order valence-electron chi connectivity index (χ4n) is 6.28. The first kappa shape index (κ1) is 25.9. The minimum Gasteiger partial charge on any atom is -0.486 e. The number of hydrogen-bond donors (Lipinski definition) is 4. The lowest BCUT2D eigenvalue weighted by Gasteiger charge is -2.56. The molecular weight excluding hydrogens is 520 g/mol. The van der Waals surface area contributed by atoms with Crippen LogP contribution in [0.25, 0.3) is 16.8 Å². The molecule has 4 saturated heterocycles. The molecule has 0 spiro atoms. The summed E-state index contributed by atoms with van der Waals surface area (Å²) in [6.45, 7) is 8.18. The Morgan fingerprint density at radius 2 is 1.98 bits per heavy atom. The number of aromatic amines is 1. The summed E-state index contributed by atoms with van der Waals surface area (Å²) in [4.78, 5) is 19.0. The first-order valence-corrected chi connectivity index (χ1v) is 14.3. The van der Waals surface area contributed by atoms with Gasteiger partial charge in [-0.15, -0.1) is 5.10 Å². The van der Waals surface area contributed by atoms with Gasteiger partial charge in [0.2, 0.25) is 12.1 Å². The number of nitrogen functional groups attached to an aromatic ring is 1. The fraction of sp³-hybridized carbons (Fsp3) is 0.448. The second-order valence-corrected chi connectivity index (χ2v) is 11.2. The Morgan fingerprint density at radius 3 is 2.68 bits per heavy atom. The highest BCUT2D eigenvalue weighted by molar-refractivity contribution is 5.80. The molecule has 12 heteroatoms. The van der Waals surface area contributed by atoms with Crippen LogP contribution >= 0.6 is 0 Å². The average Bonchev–Trinajstić information content (AvgIpc) is 3.31. The molecule has 4 aromatic rings. The van der Waals surface area contributed by atoms with Crippen LogP contribution in [0.2, 0.25) is 0 Å². The predicted octanol–water partition coefficient (Wildman–Crippen LogP) is 0.908. The van der Waals surface area contributed by atoms with E-state index in [-0.39, 0.29) is 6.04 Å². The minimum absolute atomic E-state index is 0.266. The molecule has 4 aliphatic heterocycles. The lowest BCUT2D eigenvalue weighted by atomic mass is 9.87. The third kappa shape index (κ3) is 5.03. The molecular formula is C29H37N10O2+. The number of aryl methyl sites for hydroxylation is 1. The second kappa shape index (κ2) is 10.8. The number of methoxy groups -OCH3 is 1. The van der Waals surface area contributed by atoms with Gasteiger partial charge in [0.15, 0.2) is 11.6 Å². The Bertz CT molecular complexity index is 1510. The molecule has 41 heavy (non-hydrogen) atoms. The Morgan fingerprint density at radius 1 is 1.10 bits per heavy atom. The molecule has 3 atom stereocenters. The number of fused-ring (bicyclic) bond motifs is 3. The van der Waals surface area contributed by atoms with Crippen molar-refractivity contribution in [2.24, 2.45) is 0 Å². The van der Waals surface area contributed by atoms with Gasteiger partial charge in [0.05, 0.1) is 42.4 Å². The standard InChI is InChI=1S/C29H36N10O2/c1-18-28-24(8-23(16-39(28)36-29(18)30)41-17-20-10-31-5-6-32-20)25-11-34-26(12-33-25)37-14-21-7-22(15-37)38(21)13-19-3-4-27(40-2)35-9-19/h3-4,8-9,11-12,16,20-22,31-32H,5-7,10,13-15,17H2,1-2H3,(H2,30,36)/p+1. The summed E-state index contributed by atoms with van der Waals surface area (Å²) in [5.41, 5.74) is 11.1. The van der Waals surface area contributed by atoms with Gasteiger partial charge in [-0.3, -0.25) is 9.88 Å². The van der Waals surface area contributed by atoms with E-state index in [1.807, 2.05) is 48.4 Å². The summed E-state index contributed by atoms with van der Waals surface area (Å²) >= 11 is 0. The van der Waals surface area contributed by atoms with Crippen molar-refractivity contribution in [1.82, 2.24) is 35.6 Å². The van der Waals surface area contributed by atoms with Crippen molar-refractivity contribution in [2.75, 3.05) is 57.1 Å². The van der Waals surface area contributed by atoms with E-state index in [9.17, 15) is 0 Å². The van der Waals surface area contributed by atoms with Crippen LogP contribution < -0.4 is 35.3 Å². The van der Waals surface area contributed by atoms with Crippen LogP contribution in [-0.2, 0) is 6.54 Å². The lowest BCUT2D eigenvalue weighted by molar-refractivity contribution is -0.575. The highest BCUT2D eigenvalue weighted by Gasteiger charge is 2.44. The first-order valence-electron chi connectivity index (χ1n) is 14.3. The first-order chi connectivity index (χ1) is 20.1. The summed E-state index contributed by atoms with van der Waals surface area (Å²) < 4.78 is 13.3. The zero-order chi connectivity index (χ0) is 27.9. The Hall–Kier alpha value is -4.00.